The molecule has 0 aliphatic heterocycles. The van der Waals surface area contributed by atoms with E-state index in [1.165, 1.54) is 31.2 Å². The van der Waals surface area contributed by atoms with E-state index in [4.69, 9.17) is 16.3 Å². The molecule has 0 fully saturated rings. The number of hydrogen-bond donors (Lipinski definition) is 3. The molecule has 0 spiro atoms. The number of halogens is 1. The Balaban J connectivity index is 1.36. The van der Waals surface area contributed by atoms with Crippen molar-refractivity contribution in [3.8, 4) is 11.5 Å². The van der Waals surface area contributed by atoms with Gasteiger partial charge in [-0.05, 0) is 29.1 Å². The van der Waals surface area contributed by atoms with E-state index in [0.717, 1.165) is 22.3 Å². The first kappa shape index (κ1) is 26.1. The molecule has 11 heteroatoms. The summed E-state index contributed by atoms with van der Waals surface area (Å²) < 4.78 is 6.98. The summed E-state index contributed by atoms with van der Waals surface area (Å²) in [6, 6.07) is 17.3. The number of anilines is 1. The van der Waals surface area contributed by atoms with Crippen molar-refractivity contribution in [2.24, 2.45) is 5.10 Å². The Morgan fingerprint density at radius 3 is 2.86 bits per heavy atom. The Labute approximate surface area is 223 Å². The molecule has 0 bridgehead atoms. The van der Waals surface area contributed by atoms with Gasteiger partial charge in [0.05, 0.1) is 30.6 Å². The maximum Gasteiger partial charge on any atom is 0.250 e. The van der Waals surface area contributed by atoms with Crippen molar-refractivity contribution in [1.29, 1.82) is 0 Å². The molecule has 0 aliphatic carbocycles. The maximum atomic E-state index is 12.3. The van der Waals surface area contributed by atoms with Gasteiger partial charge in [-0.1, -0.05) is 65.8 Å². The number of fused-ring (bicyclic) bond motifs is 1. The topological polar surface area (TPSA) is 114 Å². The quantitative estimate of drug-likeness (QED) is 0.109. The number of methoxy groups -OCH3 is 1. The number of hydrazone groups is 1. The number of amides is 1. The van der Waals surface area contributed by atoms with Crippen LogP contribution in [-0.2, 0) is 17.9 Å². The van der Waals surface area contributed by atoms with Crippen LogP contribution < -0.4 is 15.5 Å². The number of ether oxygens (including phenoxy) is 1. The summed E-state index contributed by atoms with van der Waals surface area (Å²) in [4.78, 5) is 12.3. The fourth-order valence-electron chi connectivity index (χ4n) is 3.59. The SMILES string of the molecule is C=CCn1c(CNc2cccc3ccccc23)nnc1SCC(=O)N/N=C/c1cc(Cl)c(O)c(OC)c1. The molecule has 4 aromatic rings. The van der Waals surface area contributed by atoms with Gasteiger partial charge in [-0.2, -0.15) is 5.10 Å². The number of aromatic hydroxyl groups is 1. The Bertz CT molecular complexity index is 1450. The highest BCUT2D eigenvalue weighted by Gasteiger charge is 2.14. The molecule has 0 saturated heterocycles. The Kier molecular flexibility index (Phi) is 8.65. The van der Waals surface area contributed by atoms with Crippen molar-refractivity contribution in [2.75, 3.05) is 18.2 Å². The van der Waals surface area contributed by atoms with E-state index in [0.29, 0.717) is 23.8 Å². The number of nitrogens with zero attached hydrogens (tertiary/aromatic N) is 4. The van der Waals surface area contributed by atoms with Gasteiger partial charge in [0.1, 0.15) is 0 Å². The average Bonchev–Trinajstić information content (AvgIpc) is 3.29. The van der Waals surface area contributed by atoms with Crippen molar-refractivity contribution in [3.05, 3.63) is 83.7 Å². The van der Waals surface area contributed by atoms with Gasteiger partial charge in [0.25, 0.3) is 5.91 Å². The number of carbonyl (C=O) groups is 1. The lowest BCUT2D eigenvalue weighted by Crippen LogP contribution is -2.20. The van der Waals surface area contributed by atoms with Crippen LogP contribution in [0.3, 0.4) is 0 Å². The Hall–Kier alpha value is -4.02. The first-order valence-corrected chi connectivity index (χ1v) is 12.6. The lowest BCUT2D eigenvalue weighted by atomic mass is 10.1. The monoisotopic (exact) mass is 536 g/mol. The number of carbonyl (C=O) groups excluding carboxylic acids is 1. The highest BCUT2D eigenvalue weighted by molar-refractivity contribution is 7.99. The molecule has 4 rings (SSSR count). The van der Waals surface area contributed by atoms with E-state index >= 15 is 0 Å². The minimum Gasteiger partial charge on any atom is -0.503 e. The predicted octanol–water partition coefficient (Wildman–Crippen LogP) is 4.84. The van der Waals surface area contributed by atoms with Crippen molar-refractivity contribution >= 4 is 51.9 Å². The van der Waals surface area contributed by atoms with Crippen LogP contribution in [0.2, 0.25) is 5.02 Å². The number of rotatable bonds is 11. The number of phenolic OH excluding ortho intramolecular Hbond substituents is 1. The summed E-state index contributed by atoms with van der Waals surface area (Å²) in [5.41, 5.74) is 4.03. The zero-order valence-electron chi connectivity index (χ0n) is 20.0. The van der Waals surface area contributed by atoms with Gasteiger partial charge in [0, 0.05) is 17.6 Å². The maximum absolute atomic E-state index is 12.3. The van der Waals surface area contributed by atoms with Crippen LogP contribution >= 0.6 is 23.4 Å². The van der Waals surface area contributed by atoms with E-state index in [2.05, 4.69) is 50.8 Å². The predicted molar refractivity (Wildman–Crippen MR) is 148 cm³/mol. The molecular formula is C26H25ClN6O3S. The molecule has 0 atom stereocenters. The van der Waals surface area contributed by atoms with Crippen molar-refractivity contribution in [1.82, 2.24) is 20.2 Å². The summed E-state index contributed by atoms with van der Waals surface area (Å²) in [7, 11) is 1.42. The molecule has 0 unspecified atom stereocenters. The van der Waals surface area contributed by atoms with Gasteiger partial charge in [0.15, 0.2) is 22.5 Å². The summed E-state index contributed by atoms with van der Waals surface area (Å²) >= 11 is 7.22. The van der Waals surface area contributed by atoms with Gasteiger partial charge in [-0.3, -0.25) is 4.79 Å². The molecule has 1 heterocycles. The molecule has 0 radical (unpaired) electrons. The molecule has 190 valence electrons. The van der Waals surface area contributed by atoms with Gasteiger partial charge in [-0.25, -0.2) is 5.43 Å². The lowest BCUT2D eigenvalue weighted by Gasteiger charge is -2.11. The number of allylic oxidation sites excluding steroid dienone is 1. The van der Waals surface area contributed by atoms with Crippen LogP contribution in [0.25, 0.3) is 10.8 Å². The molecule has 0 aliphatic rings. The molecule has 1 amide bonds. The van der Waals surface area contributed by atoms with E-state index in [1.54, 1.807) is 12.1 Å². The third kappa shape index (κ3) is 6.41. The van der Waals surface area contributed by atoms with Crippen molar-refractivity contribution < 1.29 is 14.6 Å². The normalized spacial score (nSPS) is 11.1. The fraction of sp³-hybridized carbons (Fsp3) is 0.154. The van der Waals surface area contributed by atoms with Gasteiger partial charge in [-0.15, -0.1) is 16.8 Å². The minimum absolute atomic E-state index is 0.0863. The van der Waals surface area contributed by atoms with E-state index < -0.39 is 0 Å². The third-order valence-electron chi connectivity index (χ3n) is 5.34. The zero-order valence-corrected chi connectivity index (χ0v) is 21.6. The first-order chi connectivity index (χ1) is 18.0. The Morgan fingerprint density at radius 1 is 1.24 bits per heavy atom. The molecule has 0 saturated carbocycles. The molecule has 9 nitrogen and oxygen atoms in total. The number of nitrogens with one attached hydrogen (secondary N) is 2. The average molecular weight is 537 g/mol. The first-order valence-electron chi connectivity index (χ1n) is 11.3. The molecular weight excluding hydrogens is 512 g/mol. The number of hydrogen-bond acceptors (Lipinski definition) is 8. The lowest BCUT2D eigenvalue weighted by molar-refractivity contribution is -0.118. The van der Waals surface area contributed by atoms with E-state index in [1.807, 2.05) is 28.8 Å². The summed E-state index contributed by atoms with van der Waals surface area (Å²) in [6.45, 7) is 4.79. The standard InChI is InChI=1S/C26H25ClN6O3S/c1-3-11-33-23(15-28-21-10-6-8-18-7-4-5-9-19(18)21)30-32-26(33)37-16-24(34)31-29-14-17-12-20(27)25(35)22(13-17)36-2/h3-10,12-14,28,35H,1,11,15-16H2,2H3,(H,31,34)/b29-14+. The van der Waals surface area contributed by atoms with Crippen molar-refractivity contribution in [2.45, 2.75) is 18.2 Å². The molecule has 3 N–H and O–H groups in total. The minimum atomic E-state index is -0.318. The largest absolute Gasteiger partial charge is 0.503 e. The fourth-order valence-corrected chi connectivity index (χ4v) is 4.57. The highest BCUT2D eigenvalue weighted by Crippen LogP contribution is 2.34. The molecule has 37 heavy (non-hydrogen) atoms. The second kappa shape index (κ2) is 12.3. The second-order valence-corrected chi connectivity index (χ2v) is 9.16. The number of aromatic nitrogens is 3. The molecule has 1 aromatic heterocycles. The summed E-state index contributed by atoms with van der Waals surface area (Å²) in [5.74, 6) is 0.553. The van der Waals surface area contributed by atoms with Crippen LogP contribution in [0.1, 0.15) is 11.4 Å². The second-order valence-electron chi connectivity index (χ2n) is 7.81. The van der Waals surface area contributed by atoms with Crippen LogP contribution in [0.4, 0.5) is 5.69 Å². The molecule has 3 aromatic carbocycles. The summed E-state index contributed by atoms with van der Waals surface area (Å²) in [6.07, 6.45) is 3.17. The zero-order chi connectivity index (χ0) is 26.2. The smallest absolute Gasteiger partial charge is 0.250 e. The highest BCUT2D eigenvalue weighted by atomic mass is 35.5. The van der Waals surface area contributed by atoms with E-state index in [9.17, 15) is 9.90 Å². The van der Waals surface area contributed by atoms with E-state index in [-0.39, 0.29) is 28.2 Å². The Morgan fingerprint density at radius 2 is 2.05 bits per heavy atom. The number of benzene rings is 3. The van der Waals surface area contributed by atoms with Crippen LogP contribution in [-0.4, -0.2) is 44.9 Å². The van der Waals surface area contributed by atoms with Crippen LogP contribution in [0.5, 0.6) is 11.5 Å². The van der Waals surface area contributed by atoms with Gasteiger partial charge < -0.3 is 19.7 Å². The van der Waals surface area contributed by atoms with Gasteiger partial charge >= 0.3 is 0 Å². The number of thioether (sulfide) groups is 1. The van der Waals surface area contributed by atoms with Crippen LogP contribution in [0.15, 0.2) is 77.5 Å². The van der Waals surface area contributed by atoms with Crippen LogP contribution in [0, 0.1) is 0 Å². The summed E-state index contributed by atoms with van der Waals surface area (Å²) in [5, 5.41) is 28.8. The van der Waals surface area contributed by atoms with Gasteiger partial charge in [0.2, 0.25) is 0 Å². The third-order valence-corrected chi connectivity index (χ3v) is 6.59. The number of phenols is 1. The van der Waals surface area contributed by atoms with Crippen molar-refractivity contribution in [3.63, 3.8) is 0 Å².